The Balaban J connectivity index is 2.55. The van der Waals surface area contributed by atoms with Gasteiger partial charge in [0.05, 0.1) is 5.39 Å². The van der Waals surface area contributed by atoms with Crippen LogP contribution >= 0.6 is 0 Å². The van der Waals surface area contributed by atoms with Crippen LogP contribution in [0.15, 0.2) is 36.5 Å². The van der Waals surface area contributed by atoms with Crippen LogP contribution < -0.4 is 9.47 Å². The molecule has 1 aromatic carbocycles. The zero-order valence-electron chi connectivity index (χ0n) is 8.88. The molecule has 0 N–H and O–H groups in total. The molecule has 16 heavy (non-hydrogen) atoms. The summed E-state index contributed by atoms with van der Waals surface area (Å²) in [6.45, 7) is 1.78. The highest BCUT2D eigenvalue weighted by molar-refractivity contribution is 5.82. The third-order valence-electron chi connectivity index (χ3n) is 2.31. The zero-order valence-corrected chi connectivity index (χ0v) is 8.88. The van der Waals surface area contributed by atoms with E-state index in [1.54, 1.807) is 19.1 Å². The molecule has 3 heteroatoms. The number of benzene rings is 1. The summed E-state index contributed by atoms with van der Waals surface area (Å²) in [5, 5.41) is 12.3. The highest BCUT2D eigenvalue weighted by Crippen LogP contribution is 2.23. The van der Waals surface area contributed by atoms with Crippen LogP contribution in [0.3, 0.4) is 0 Å². The number of hydrogen-bond donors (Lipinski definition) is 0. The first kappa shape index (κ1) is 10.3. The lowest BCUT2D eigenvalue weighted by molar-refractivity contribution is -0.577. The Morgan fingerprint density at radius 2 is 2.12 bits per heavy atom. The summed E-state index contributed by atoms with van der Waals surface area (Å²) in [5.74, 6) is 3.12. The molecular weight excluding hydrogens is 202 g/mol. The maximum Gasteiger partial charge on any atom is 0.227 e. The average molecular weight is 213 g/mol. The van der Waals surface area contributed by atoms with E-state index in [9.17, 15) is 5.21 Å². The molecule has 80 valence electrons. The van der Waals surface area contributed by atoms with Crippen LogP contribution in [0.5, 0.6) is 5.75 Å². The molecule has 0 spiro atoms. The van der Waals surface area contributed by atoms with Crippen LogP contribution in [0, 0.1) is 17.6 Å². The lowest BCUT2D eigenvalue weighted by atomic mass is 10.2. The zero-order chi connectivity index (χ0) is 11.5. The van der Waals surface area contributed by atoms with Gasteiger partial charge in [-0.15, -0.1) is 6.42 Å². The Kier molecular flexibility index (Phi) is 2.65. The molecule has 1 aromatic heterocycles. The van der Waals surface area contributed by atoms with Gasteiger partial charge in [-0.2, -0.15) is 4.73 Å². The van der Waals surface area contributed by atoms with Crippen LogP contribution in [0.1, 0.15) is 6.92 Å². The lowest BCUT2D eigenvalue weighted by Crippen LogP contribution is -2.26. The number of fused-ring (bicyclic) bond motifs is 1. The summed E-state index contributed by atoms with van der Waals surface area (Å²) in [6.07, 6.45) is 6.36. The minimum absolute atomic E-state index is 0.314. The fourth-order valence-corrected chi connectivity index (χ4v) is 1.51. The second-order valence-electron chi connectivity index (χ2n) is 3.45. The Morgan fingerprint density at radius 1 is 1.38 bits per heavy atom. The second-order valence-corrected chi connectivity index (χ2v) is 3.45. The molecule has 1 atom stereocenters. The fraction of sp³-hybridized carbons (Fsp3) is 0.154. The predicted molar refractivity (Wildman–Crippen MR) is 61.8 cm³/mol. The van der Waals surface area contributed by atoms with Crippen molar-refractivity contribution in [2.45, 2.75) is 13.0 Å². The summed E-state index contributed by atoms with van der Waals surface area (Å²) in [4.78, 5) is 0. The number of pyridine rings is 1. The van der Waals surface area contributed by atoms with Gasteiger partial charge in [-0.25, -0.2) is 0 Å². The van der Waals surface area contributed by atoms with Crippen molar-refractivity contribution >= 4 is 10.9 Å². The van der Waals surface area contributed by atoms with Crippen molar-refractivity contribution < 1.29 is 9.47 Å². The largest absolute Gasteiger partial charge is 0.618 e. The third-order valence-corrected chi connectivity index (χ3v) is 2.31. The predicted octanol–water partition coefficient (Wildman–Crippen LogP) is 1.87. The number of rotatable bonds is 2. The van der Waals surface area contributed by atoms with Crippen molar-refractivity contribution in [2.24, 2.45) is 0 Å². The quantitative estimate of drug-likeness (QED) is 0.434. The minimum Gasteiger partial charge on any atom is -0.618 e. The topological polar surface area (TPSA) is 36.2 Å². The van der Waals surface area contributed by atoms with Crippen molar-refractivity contribution in [3.8, 4) is 18.1 Å². The first-order valence-electron chi connectivity index (χ1n) is 4.96. The summed E-state index contributed by atoms with van der Waals surface area (Å²) in [5.41, 5.74) is 0.573. The van der Waals surface area contributed by atoms with Crippen molar-refractivity contribution in [2.75, 3.05) is 0 Å². The SMILES string of the molecule is C#CC(C)Oc1cc[n+]([O-])c2ccccc12. The molecule has 0 aliphatic heterocycles. The molecular formula is C13H11NO2. The van der Waals surface area contributed by atoms with E-state index >= 15 is 0 Å². The van der Waals surface area contributed by atoms with Crippen LogP contribution in [-0.2, 0) is 0 Å². The van der Waals surface area contributed by atoms with Gasteiger partial charge in [0, 0.05) is 12.1 Å². The second kappa shape index (κ2) is 4.11. The highest BCUT2D eigenvalue weighted by atomic mass is 16.5. The smallest absolute Gasteiger partial charge is 0.227 e. The standard InChI is InChI=1S/C13H11NO2/c1-3-10(2)16-13-8-9-14(15)12-7-5-4-6-11(12)13/h1,4-10H,2H3. The van der Waals surface area contributed by atoms with Crippen molar-refractivity contribution in [1.82, 2.24) is 0 Å². The van der Waals surface area contributed by atoms with Crippen LogP contribution in [0.4, 0.5) is 0 Å². The van der Waals surface area contributed by atoms with Gasteiger partial charge in [0.25, 0.3) is 0 Å². The van der Waals surface area contributed by atoms with Gasteiger partial charge in [0.1, 0.15) is 5.75 Å². The Labute approximate surface area is 93.9 Å². The molecule has 1 heterocycles. The van der Waals surface area contributed by atoms with Gasteiger partial charge in [0.2, 0.25) is 5.52 Å². The van der Waals surface area contributed by atoms with E-state index in [2.05, 4.69) is 5.92 Å². The van der Waals surface area contributed by atoms with Crippen molar-refractivity contribution in [3.05, 3.63) is 41.7 Å². The van der Waals surface area contributed by atoms with Crippen LogP contribution in [-0.4, -0.2) is 6.10 Å². The third kappa shape index (κ3) is 1.78. The highest BCUT2D eigenvalue weighted by Gasteiger charge is 2.10. The van der Waals surface area contributed by atoms with Gasteiger partial charge in [0.15, 0.2) is 12.3 Å². The number of aromatic nitrogens is 1. The molecule has 0 bridgehead atoms. The van der Waals surface area contributed by atoms with Crippen LogP contribution in [0.25, 0.3) is 10.9 Å². The van der Waals surface area contributed by atoms with E-state index in [0.717, 1.165) is 10.1 Å². The number of para-hydroxylation sites is 1. The number of ether oxygens (including phenoxy) is 1. The molecule has 0 fully saturated rings. The average Bonchev–Trinajstić information content (AvgIpc) is 2.33. The fourth-order valence-electron chi connectivity index (χ4n) is 1.51. The van der Waals surface area contributed by atoms with E-state index in [1.807, 2.05) is 18.2 Å². The molecule has 2 aromatic rings. The monoisotopic (exact) mass is 213 g/mol. The Hall–Kier alpha value is -2.21. The number of nitrogens with zero attached hydrogens (tertiary/aromatic N) is 1. The minimum atomic E-state index is -0.314. The summed E-state index contributed by atoms with van der Waals surface area (Å²) >= 11 is 0. The van der Waals surface area contributed by atoms with Crippen molar-refractivity contribution in [3.63, 3.8) is 0 Å². The summed E-state index contributed by atoms with van der Waals surface area (Å²) in [7, 11) is 0. The van der Waals surface area contributed by atoms with E-state index < -0.39 is 0 Å². The van der Waals surface area contributed by atoms with Crippen molar-refractivity contribution in [1.29, 1.82) is 0 Å². The molecule has 0 amide bonds. The molecule has 3 nitrogen and oxygen atoms in total. The normalized spacial score (nSPS) is 12.0. The molecule has 1 unspecified atom stereocenters. The van der Waals surface area contributed by atoms with Gasteiger partial charge < -0.3 is 9.94 Å². The van der Waals surface area contributed by atoms with E-state index in [-0.39, 0.29) is 6.10 Å². The molecule has 0 saturated heterocycles. The molecule has 0 radical (unpaired) electrons. The van der Waals surface area contributed by atoms with E-state index in [1.165, 1.54) is 6.20 Å². The first-order chi connectivity index (χ1) is 7.72. The first-order valence-corrected chi connectivity index (χ1v) is 4.96. The summed E-state index contributed by atoms with van der Waals surface area (Å²) in [6, 6.07) is 8.88. The van der Waals surface area contributed by atoms with Gasteiger partial charge >= 0.3 is 0 Å². The Morgan fingerprint density at radius 3 is 2.88 bits per heavy atom. The molecule has 2 rings (SSSR count). The number of hydrogen-bond acceptors (Lipinski definition) is 2. The van der Waals surface area contributed by atoms with E-state index in [0.29, 0.717) is 11.3 Å². The molecule has 0 aliphatic rings. The number of terminal acetylenes is 1. The molecule has 0 saturated carbocycles. The van der Waals surface area contributed by atoms with Gasteiger partial charge in [-0.05, 0) is 13.0 Å². The van der Waals surface area contributed by atoms with Crippen LogP contribution in [0.2, 0.25) is 0 Å². The van der Waals surface area contributed by atoms with Gasteiger partial charge in [-0.1, -0.05) is 18.1 Å². The Bertz CT molecular complexity index is 557. The lowest BCUT2D eigenvalue weighted by Gasteiger charge is -2.11. The summed E-state index contributed by atoms with van der Waals surface area (Å²) < 4.78 is 6.35. The van der Waals surface area contributed by atoms with E-state index in [4.69, 9.17) is 11.2 Å². The maximum atomic E-state index is 11.5. The van der Waals surface area contributed by atoms with Gasteiger partial charge in [-0.3, -0.25) is 0 Å². The molecule has 0 aliphatic carbocycles. The maximum absolute atomic E-state index is 11.5.